The number of methoxy groups -OCH3 is 1. The van der Waals surface area contributed by atoms with Crippen LogP contribution in [0.4, 0.5) is 0 Å². The Balaban J connectivity index is 3.45. The molecule has 0 spiro atoms. The maximum atomic E-state index is 7.31. The number of rotatable bonds is 14. The van der Waals surface area contributed by atoms with E-state index in [2.05, 4.69) is 6.92 Å². The van der Waals surface area contributed by atoms with Gasteiger partial charge in [-0.2, -0.15) is 0 Å². The summed E-state index contributed by atoms with van der Waals surface area (Å²) < 4.78 is 23.2. The highest BCUT2D eigenvalue weighted by atomic mass is 16.7. The van der Waals surface area contributed by atoms with Crippen LogP contribution in [0, 0.1) is 0 Å². The maximum absolute atomic E-state index is 7.31. The van der Waals surface area contributed by atoms with E-state index in [9.17, 15) is 0 Å². The van der Waals surface area contributed by atoms with E-state index < -0.39 is 0 Å². The molecule has 0 amide bonds. The van der Waals surface area contributed by atoms with Crippen LogP contribution in [0.15, 0.2) is 0 Å². The summed E-state index contributed by atoms with van der Waals surface area (Å²) in [5, 5.41) is 0. The van der Waals surface area contributed by atoms with Crippen molar-refractivity contribution in [3.8, 4) is 0 Å². The van der Waals surface area contributed by atoms with Crippen LogP contribution in [-0.4, -0.2) is 33.2 Å². The summed E-state index contributed by atoms with van der Waals surface area (Å²) in [7, 11) is 1.66. The smallest absolute Gasteiger partial charge is 0.147 e. The van der Waals surface area contributed by atoms with Gasteiger partial charge >= 0.3 is 0 Å². The van der Waals surface area contributed by atoms with E-state index in [4.69, 9.17) is 15.6 Å². The molecule has 110 valence electrons. The Morgan fingerprint density at radius 3 is 2.56 bits per heavy atom. The zero-order valence-corrected chi connectivity index (χ0v) is 12.3. The second kappa shape index (κ2) is 14.9. The molecule has 0 unspecified atom stereocenters. The summed E-state index contributed by atoms with van der Waals surface area (Å²) in [5.74, 6) is 0. The Labute approximate surface area is 115 Å². The lowest BCUT2D eigenvalue weighted by Gasteiger charge is -2.16. The first-order chi connectivity index (χ1) is 9.35. The quantitative estimate of drug-likeness (QED) is 0.347. The third kappa shape index (κ3) is 12.3. The lowest BCUT2D eigenvalue weighted by Crippen LogP contribution is -2.15. The molecule has 18 heavy (non-hydrogen) atoms. The van der Waals surface area contributed by atoms with Crippen molar-refractivity contribution in [2.24, 2.45) is 0 Å². The molecular weight excluding hydrogens is 228 g/mol. The fraction of sp³-hybridized carbons (Fsp3) is 1.00. The van der Waals surface area contributed by atoms with E-state index in [1.807, 2.05) is 0 Å². The minimum atomic E-state index is 0.186. The molecule has 0 saturated heterocycles. The minimum absolute atomic E-state index is 0.186. The largest absolute Gasteiger partial charge is 0.382 e. The van der Waals surface area contributed by atoms with E-state index in [1.54, 1.807) is 7.11 Å². The van der Waals surface area contributed by atoms with Crippen LogP contribution >= 0.6 is 0 Å². The molecule has 0 fully saturated rings. The van der Waals surface area contributed by atoms with Gasteiger partial charge in [-0.1, -0.05) is 52.3 Å². The Morgan fingerprint density at radius 2 is 1.83 bits per heavy atom. The van der Waals surface area contributed by atoms with Gasteiger partial charge in [0, 0.05) is 8.48 Å². The van der Waals surface area contributed by atoms with Crippen molar-refractivity contribution in [1.29, 1.82) is 0 Å². The molecule has 0 bridgehead atoms. The lowest BCUT2D eigenvalue weighted by atomic mass is 10.1. The molecule has 0 aromatic rings. The van der Waals surface area contributed by atoms with Crippen LogP contribution in [-0.2, 0) is 14.2 Å². The van der Waals surface area contributed by atoms with Gasteiger partial charge in [0.25, 0.3) is 0 Å². The number of ether oxygens (including phenoxy) is 3. The Kier molecular flexibility index (Phi) is 13.2. The molecule has 3 heteroatoms. The highest BCUT2D eigenvalue weighted by Gasteiger charge is 2.05. The first kappa shape index (κ1) is 15.9. The van der Waals surface area contributed by atoms with Crippen LogP contribution in [0.5, 0.6) is 0 Å². The molecule has 1 atom stereocenters. The van der Waals surface area contributed by atoms with Crippen molar-refractivity contribution < 1.29 is 15.6 Å². The average Bonchev–Trinajstić information content (AvgIpc) is 2.42. The van der Waals surface area contributed by atoms with Crippen LogP contribution < -0.4 is 0 Å². The van der Waals surface area contributed by atoms with Crippen LogP contribution in [0.3, 0.4) is 0 Å². The summed E-state index contributed by atoms with van der Waals surface area (Å²) >= 11 is 0. The van der Waals surface area contributed by atoms with E-state index >= 15 is 0 Å². The fourth-order valence-electron chi connectivity index (χ4n) is 1.81. The Bertz CT molecular complexity index is 167. The summed E-state index contributed by atoms with van der Waals surface area (Å²) in [6.45, 7) is 4.16. The summed E-state index contributed by atoms with van der Waals surface area (Å²) in [6.07, 6.45) is 9.84. The van der Waals surface area contributed by atoms with E-state index in [0.29, 0.717) is 26.9 Å². The fourth-order valence-corrected chi connectivity index (χ4v) is 1.81. The zero-order chi connectivity index (χ0) is 14.2. The van der Waals surface area contributed by atoms with Crippen molar-refractivity contribution in [2.75, 3.05) is 27.1 Å². The Hall–Kier alpha value is -0.120. The molecule has 3 nitrogen and oxygen atoms in total. The molecule has 0 N–H and O–H groups in total. The molecule has 0 aliphatic heterocycles. The summed E-state index contributed by atoms with van der Waals surface area (Å²) in [6, 6.07) is 0. The molecule has 0 saturated carbocycles. The van der Waals surface area contributed by atoms with Gasteiger partial charge in [0.05, 0.1) is 19.3 Å². The third-order valence-corrected chi connectivity index (χ3v) is 3.02. The van der Waals surface area contributed by atoms with Crippen LogP contribution in [0.2, 0.25) is 0 Å². The monoisotopic (exact) mass is 261 g/mol. The Morgan fingerprint density at radius 1 is 1.06 bits per heavy atom. The molecule has 0 aliphatic rings. The molecule has 0 aromatic carbocycles. The van der Waals surface area contributed by atoms with Gasteiger partial charge in [-0.05, 0) is 12.8 Å². The SMILES string of the molecule is [2H]CC[C@H](CCCCCCCC)OCOCCOC. The zero-order valence-electron chi connectivity index (χ0n) is 13.3. The molecule has 0 heterocycles. The first-order valence-corrected chi connectivity index (χ1v) is 7.32. The van der Waals surface area contributed by atoms with E-state index in [1.165, 1.54) is 38.5 Å². The number of hydrogen-bond acceptors (Lipinski definition) is 3. The summed E-state index contributed by atoms with van der Waals surface area (Å²) in [5.41, 5.74) is 0. The van der Waals surface area contributed by atoms with Gasteiger partial charge < -0.3 is 14.2 Å². The third-order valence-electron chi connectivity index (χ3n) is 3.02. The van der Waals surface area contributed by atoms with E-state index in [0.717, 1.165) is 12.8 Å². The van der Waals surface area contributed by atoms with Crippen molar-refractivity contribution in [1.82, 2.24) is 0 Å². The predicted octanol–water partition coefficient (Wildman–Crippen LogP) is 4.15. The van der Waals surface area contributed by atoms with Gasteiger partial charge in [0.1, 0.15) is 6.79 Å². The molecule has 0 aromatic heterocycles. The molecule has 0 radical (unpaired) electrons. The minimum Gasteiger partial charge on any atom is -0.382 e. The first-order valence-electron chi connectivity index (χ1n) is 8.03. The van der Waals surface area contributed by atoms with Crippen LogP contribution in [0.1, 0.15) is 66.6 Å². The predicted molar refractivity (Wildman–Crippen MR) is 75.9 cm³/mol. The molecule has 0 rings (SSSR count). The van der Waals surface area contributed by atoms with Crippen molar-refractivity contribution in [3.63, 3.8) is 0 Å². The second-order valence-electron chi connectivity index (χ2n) is 4.65. The van der Waals surface area contributed by atoms with E-state index in [-0.39, 0.29) is 6.10 Å². The van der Waals surface area contributed by atoms with Gasteiger partial charge in [-0.25, -0.2) is 0 Å². The molecule has 0 aliphatic carbocycles. The van der Waals surface area contributed by atoms with Gasteiger partial charge in [-0.15, -0.1) is 0 Å². The van der Waals surface area contributed by atoms with Crippen LogP contribution in [0.25, 0.3) is 0 Å². The standard InChI is InChI=1S/C15H32O3/c1-4-6-7-8-9-10-11-15(5-2)18-14-17-13-12-16-3/h15H,4-14H2,1-3H3/t15-/m1/s1/i2D. The highest BCUT2D eigenvalue weighted by molar-refractivity contribution is 4.55. The maximum Gasteiger partial charge on any atom is 0.147 e. The highest BCUT2D eigenvalue weighted by Crippen LogP contribution is 2.12. The van der Waals surface area contributed by atoms with Gasteiger partial charge in [-0.3, -0.25) is 0 Å². The van der Waals surface area contributed by atoms with Crippen molar-refractivity contribution in [3.05, 3.63) is 0 Å². The van der Waals surface area contributed by atoms with Gasteiger partial charge in [0.15, 0.2) is 0 Å². The number of unbranched alkanes of at least 4 members (excludes halogenated alkanes) is 5. The molecular formula is C15H32O3. The van der Waals surface area contributed by atoms with Gasteiger partial charge in [0.2, 0.25) is 0 Å². The van der Waals surface area contributed by atoms with Crippen molar-refractivity contribution in [2.45, 2.75) is 71.3 Å². The lowest BCUT2D eigenvalue weighted by molar-refractivity contribution is -0.100. The number of hydrogen-bond donors (Lipinski definition) is 0. The summed E-state index contributed by atoms with van der Waals surface area (Å²) in [4.78, 5) is 0. The average molecular weight is 261 g/mol. The van der Waals surface area contributed by atoms with Crippen molar-refractivity contribution >= 4 is 0 Å². The normalized spacial score (nSPS) is 13.6. The topological polar surface area (TPSA) is 27.7 Å². The second-order valence-corrected chi connectivity index (χ2v) is 4.65.